The second kappa shape index (κ2) is 7.73. The van der Waals surface area contributed by atoms with Crippen LogP contribution in [0.4, 0.5) is 5.69 Å². The molecule has 0 aliphatic carbocycles. The molecule has 1 amide bonds. The van der Waals surface area contributed by atoms with Gasteiger partial charge in [-0.05, 0) is 31.2 Å². The highest BCUT2D eigenvalue weighted by molar-refractivity contribution is 6.30. The van der Waals surface area contributed by atoms with Crippen molar-refractivity contribution in [2.45, 2.75) is 6.92 Å². The largest absolute Gasteiger partial charge is 0.479 e. The Balaban J connectivity index is 2.19. The van der Waals surface area contributed by atoms with Gasteiger partial charge in [-0.1, -0.05) is 11.6 Å². The minimum absolute atomic E-state index is 0.166. The van der Waals surface area contributed by atoms with E-state index in [9.17, 15) is 9.59 Å². The zero-order valence-electron chi connectivity index (χ0n) is 12.7. The molecule has 1 heterocycles. The molecule has 1 aliphatic heterocycles. The normalized spacial score (nSPS) is 17.5. The van der Waals surface area contributed by atoms with Crippen molar-refractivity contribution < 1.29 is 19.1 Å². The summed E-state index contributed by atoms with van der Waals surface area (Å²) in [5.41, 5.74) is 0.570. The van der Waals surface area contributed by atoms with Crippen LogP contribution in [-0.4, -0.2) is 44.3 Å². The number of halogens is 1. The number of esters is 1. The average Bonchev–Trinajstić information content (AvgIpc) is 2.85. The van der Waals surface area contributed by atoms with Gasteiger partial charge in [-0.3, -0.25) is 14.6 Å². The van der Waals surface area contributed by atoms with Crippen LogP contribution in [-0.2, 0) is 19.1 Å². The Bertz CT molecular complexity index is 643. The molecule has 0 bridgehead atoms. The number of carbonyl (C=O) groups is 2. The summed E-state index contributed by atoms with van der Waals surface area (Å²) in [6, 6.07) is 6.69. The Kier molecular flexibility index (Phi) is 5.70. The lowest BCUT2D eigenvalue weighted by molar-refractivity contribution is -0.138. The van der Waals surface area contributed by atoms with E-state index in [1.807, 2.05) is 0 Å². The molecule has 122 valence electrons. The summed E-state index contributed by atoms with van der Waals surface area (Å²) in [5.74, 6) is -1.34. The third-order valence-corrected chi connectivity index (χ3v) is 3.26. The molecule has 1 aliphatic rings. The van der Waals surface area contributed by atoms with Crippen molar-refractivity contribution in [3.8, 4) is 0 Å². The lowest BCUT2D eigenvalue weighted by atomic mass is 10.1. The van der Waals surface area contributed by atoms with Crippen LogP contribution >= 0.6 is 11.6 Å². The standard InChI is InChI=1S/C15H16ClN3O4/c1-3-23-14-12(8-17-9-13(20)22-2)15(21)19(18-14)11-6-4-10(16)5-7-11/h4-8,12H,3,9H2,1-2H3/t12-/m0/s1. The molecule has 0 radical (unpaired) electrons. The lowest BCUT2D eigenvalue weighted by Gasteiger charge is -2.11. The number of benzene rings is 1. The van der Waals surface area contributed by atoms with Crippen molar-refractivity contribution >= 4 is 41.3 Å². The number of hydrogen-bond donors (Lipinski definition) is 0. The number of methoxy groups -OCH3 is 1. The van der Waals surface area contributed by atoms with Crippen LogP contribution in [0.15, 0.2) is 34.4 Å². The quantitative estimate of drug-likeness (QED) is 0.607. The molecule has 0 spiro atoms. The van der Waals surface area contributed by atoms with E-state index in [1.165, 1.54) is 18.3 Å². The highest BCUT2D eigenvalue weighted by Crippen LogP contribution is 2.25. The van der Waals surface area contributed by atoms with E-state index in [0.29, 0.717) is 17.3 Å². The van der Waals surface area contributed by atoms with Crippen molar-refractivity contribution in [1.29, 1.82) is 0 Å². The summed E-state index contributed by atoms with van der Waals surface area (Å²) >= 11 is 5.84. The molecule has 8 heteroatoms. The molecule has 2 rings (SSSR count). The van der Waals surface area contributed by atoms with E-state index in [2.05, 4.69) is 14.8 Å². The van der Waals surface area contributed by atoms with Gasteiger partial charge in [0.1, 0.15) is 6.54 Å². The van der Waals surface area contributed by atoms with Gasteiger partial charge in [-0.15, -0.1) is 5.10 Å². The fourth-order valence-corrected chi connectivity index (χ4v) is 2.03. The van der Waals surface area contributed by atoms with Gasteiger partial charge in [0.2, 0.25) is 5.90 Å². The van der Waals surface area contributed by atoms with Crippen LogP contribution in [0.1, 0.15) is 6.92 Å². The highest BCUT2D eigenvalue weighted by atomic mass is 35.5. The summed E-state index contributed by atoms with van der Waals surface area (Å²) in [4.78, 5) is 27.5. The minimum Gasteiger partial charge on any atom is -0.479 e. The summed E-state index contributed by atoms with van der Waals surface area (Å²) < 4.78 is 9.89. The van der Waals surface area contributed by atoms with E-state index in [-0.39, 0.29) is 18.3 Å². The van der Waals surface area contributed by atoms with Crippen LogP contribution < -0.4 is 5.01 Å². The number of rotatable bonds is 5. The van der Waals surface area contributed by atoms with E-state index < -0.39 is 11.9 Å². The lowest BCUT2D eigenvalue weighted by Crippen LogP contribution is -2.29. The topological polar surface area (TPSA) is 80.6 Å². The minimum atomic E-state index is -0.768. The van der Waals surface area contributed by atoms with E-state index >= 15 is 0 Å². The number of carbonyl (C=O) groups excluding carboxylic acids is 2. The van der Waals surface area contributed by atoms with Gasteiger partial charge in [0.25, 0.3) is 5.91 Å². The third-order valence-electron chi connectivity index (χ3n) is 3.01. The zero-order chi connectivity index (χ0) is 16.8. The number of amides is 1. The van der Waals surface area contributed by atoms with Crippen molar-refractivity contribution in [3.63, 3.8) is 0 Å². The van der Waals surface area contributed by atoms with E-state index in [4.69, 9.17) is 16.3 Å². The fourth-order valence-electron chi connectivity index (χ4n) is 1.91. The Hall–Kier alpha value is -2.41. The first kappa shape index (κ1) is 17.0. The van der Waals surface area contributed by atoms with Crippen molar-refractivity contribution in [1.82, 2.24) is 0 Å². The van der Waals surface area contributed by atoms with Crippen LogP contribution in [0, 0.1) is 5.92 Å². The molecule has 1 aromatic rings. The molecule has 0 aromatic heterocycles. The highest BCUT2D eigenvalue weighted by Gasteiger charge is 2.37. The van der Waals surface area contributed by atoms with Crippen LogP contribution in [0.25, 0.3) is 0 Å². The maximum atomic E-state index is 12.5. The number of aliphatic imine (C=N–C) groups is 1. The predicted molar refractivity (Wildman–Crippen MR) is 86.9 cm³/mol. The Morgan fingerprint density at radius 1 is 1.43 bits per heavy atom. The SMILES string of the molecule is CCOC1=NN(c2ccc(Cl)cc2)C(=O)[C@H]1C=NCC(=O)OC. The molecule has 1 aromatic carbocycles. The number of hydrazone groups is 1. The smallest absolute Gasteiger partial charge is 0.327 e. The Labute approximate surface area is 138 Å². The molecule has 0 saturated heterocycles. The molecular formula is C15H16ClN3O4. The van der Waals surface area contributed by atoms with Crippen LogP contribution in [0.2, 0.25) is 5.02 Å². The molecule has 0 fully saturated rings. The first-order chi connectivity index (χ1) is 11.1. The van der Waals surface area contributed by atoms with Crippen molar-refractivity contribution in [3.05, 3.63) is 29.3 Å². The second-order valence-corrected chi connectivity index (χ2v) is 4.98. The molecule has 0 unspecified atom stereocenters. The first-order valence-electron chi connectivity index (χ1n) is 6.94. The van der Waals surface area contributed by atoms with Crippen LogP contribution in [0.5, 0.6) is 0 Å². The summed E-state index contributed by atoms with van der Waals surface area (Å²) in [5, 5.41) is 5.98. The first-order valence-corrected chi connectivity index (χ1v) is 7.32. The average molecular weight is 338 g/mol. The monoisotopic (exact) mass is 337 g/mol. The van der Waals surface area contributed by atoms with Gasteiger partial charge >= 0.3 is 5.97 Å². The summed E-state index contributed by atoms with van der Waals surface area (Å²) in [6.07, 6.45) is 1.35. The van der Waals surface area contributed by atoms with Gasteiger partial charge in [-0.25, -0.2) is 0 Å². The van der Waals surface area contributed by atoms with Crippen LogP contribution in [0.3, 0.4) is 0 Å². The van der Waals surface area contributed by atoms with Gasteiger partial charge in [0.05, 0.1) is 19.4 Å². The molecule has 0 saturated carbocycles. The van der Waals surface area contributed by atoms with Gasteiger partial charge in [0.15, 0.2) is 5.92 Å². The Morgan fingerprint density at radius 3 is 2.74 bits per heavy atom. The Morgan fingerprint density at radius 2 is 2.13 bits per heavy atom. The van der Waals surface area contributed by atoms with E-state index in [1.54, 1.807) is 31.2 Å². The van der Waals surface area contributed by atoms with Gasteiger partial charge in [-0.2, -0.15) is 5.01 Å². The molecule has 0 N–H and O–H groups in total. The molecule has 7 nitrogen and oxygen atoms in total. The molecular weight excluding hydrogens is 322 g/mol. The van der Waals surface area contributed by atoms with Gasteiger partial charge in [0, 0.05) is 11.2 Å². The summed E-state index contributed by atoms with van der Waals surface area (Å²) in [7, 11) is 1.27. The fraction of sp³-hybridized carbons (Fsp3) is 0.333. The van der Waals surface area contributed by atoms with Crippen molar-refractivity contribution in [2.24, 2.45) is 16.0 Å². The maximum Gasteiger partial charge on any atom is 0.327 e. The second-order valence-electron chi connectivity index (χ2n) is 4.54. The number of nitrogens with zero attached hydrogens (tertiary/aromatic N) is 3. The van der Waals surface area contributed by atoms with Gasteiger partial charge < -0.3 is 9.47 Å². The summed E-state index contributed by atoms with van der Waals surface area (Å²) in [6.45, 7) is 1.99. The maximum absolute atomic E-state index is 12.5. The number of hydrogen-bond acceptors (Lipinski definition) is 6. The van der Waals surface area contributed by atoms with Crippen molar-refractivity contribution in [2.75, 3.05) is 25.3 Å². The number of ether oxygens (including phenoxy) is 2. The van der Waals surface area contributed by atoms with E-state index in [0.717, 1.165) is 0 Å². The zero-order valence-corrected chi connectivity index (χ0v) is 13.5. The number of anilines is 1. The molecule has 23 heavy (non-hydrogen) atoms. The molecule has 1 atom stereocenters. The predicted octanol–water partition coefficient (Wildman–Crippen LogP) is 1.90. The third kappa shape index (κ3) is 4.07.